The fourth-order valence-corrected chi connectivity index (χ4v) is 10.2. The van der Waals surface area contributed by atoms with E-state index in [-0.39, 0.29) is 34.4 Å². The van der Waals surface area contributed by atoms with E-state index in [1.165, 1.54) is 74.1 Å². The van der Waals surface area contributed by atoms with Crippen molar-refractivity contribution in [3.05, 3.63) is 151 Å². The van der Waals surface area contributed by atoms with Gasteiger partial charge in [-0.15, -0.1) is 0 Å². The van der Waals surface area contributed by atoms with Crippen molar-refractivity contribution in [2.75, 3.05) is 4.90 Å². The van der Waals surface area contributed by atoms with Crippen LogP contribution in [-0.2, 0) is 24.9 Å². The second kappa shape index (κ2) is 14.3. The van der Waals surface area contributed by atoms with Gasteiger partial charge in [0.2, 0.25) is 11.6 Å². The van der Waals surface area contributed by atoms with E-state index in [4.69, 9.17) is 0 Å². The van der Waals surface area contributed by atoms with Crippen molar-refractivity contribution in [1.82, 2.24) is 9.13 Å². The van der Waals surface area contributed by atoms with Crippen LogP contribution < -0.4 is 16.1 Å². The van der Waals surface area contributed by atoms with E-state index in [0.29, 0.717) is 5.57 Å². The van der Waals surface area contributed by atoms with Gasteiger partial charge in [-0.25, -0.2) is 4.79 Å². The molecule has 58 heavy (non-hydrogen) atoms. The molecule has 1 N–H and O–H groups in total. The first-order valence-corrected chi connectivity index (χ1v) is 20.9. The molecule has 0 atom stereocenters. The third kappa shape index (κ3) is 5.96. The van der Waals surface area contributed by atoms with Gasteiger partial charge in [-0.3, -0.25) is 13.9 Å². The summed E-state index contributed by atoms with van der Waals surface area (Å²) in [5.41, 5.74) is 8.57. The Bertz CT molecular complexity index is 2820. The number of aromatic nitrogens is 2. The molecule has 7 nitrogen and oxygen atoms in total. The van der Waals surface area contributed by atoms with Crippen molar-refractivity contribution >= 4 is 44.2 Å². The molecule has 298 valence electrons. The van der Waals surface area contributed by atoms with E-state index >= 15 is 0 Å². The van der Waals surface area contributed by atoms with Gasteiger partial charge in [0.15, 0.2) is 11.8 Å². The van der Waals surface area contributed by atoms with Crippen LogP contribution in [0.1, 0.15) is 97.8 Å². The van der Waals surface area contributed by atoms with E-state index in [1.807, 2.05) is 0 Å². The number of aromatic hydroxyl groups is 1. The Balaban J connectivity index is 1.36. The number of hydrogen-bond donors (Lipinski definition) is 1. The summed E-state index contributed by atoms with van der Waals surface area (Å²) >= 11 is 0. The highest BCUT2D eigenvalue weighted by Gasteiger charge is 2.47. The van der Waals surface area contributed by atoms with Crippen molar-refractivity contribution in [3.63, 3.8) is 0 Å². The predicted octanol–water partition coefficient (Wildman–Crippen LogP) is 10.5. The Hall–Kier alpha value is -5.69. The molecule has 0 saturated carbocycles. The fraction of sp³-hybridized carbons (Fsp3) is 0.353. The minimum Gasteiger partial charge on any atom is -0.494 e. The molecule has 0 radical (unpaired) electrons. The summed E-state index contributed by atoms with van der Waals surface area (Å²) in [5.74, 6) is -0.310. The van der Waals surface area contributed by atoms with E-state index in [0.717, 1.165) is 41.4 Å². The molecule has 4 aromatic carbocycles. The average Bonchev–Trinajstić information content (AvgIpc) is 3.46. The highest BCUT2D eigenvalue weighted by atomic mass is 16.3. The molecule has 0 unspecified atom stereocenters. The lowest BCUT2D eigenvalue weighted by Crippen LogP contribution is -2.38. The Morgan fingerprint density at radius 3 is 2.00 bits per heavy atom. The smallest absolute Gasteiger partial charge is 0.333 e. The Morgan fingerprint density at radius 2 is 1.34 bits per heavy atom. The highest BCUT2D eigenvalue weighted by molar-refractivity contribution is 6.08. The Labute approximate surface area is 342 Å². The number of nitrogens with zero attached hydrogens (tertiary/aromatic N) is 4. The zero-order valence-corrected chi connectivity index (χ0v) is 35.8. The maximum absolute atomic E-state index is 14.3. The lowest BCUT2D eigenvalue weighted by atomic mass is 9.78. The predicted molar refractivity (Wildman–Crippen MR) is 241 cm³/mol. The second-order valence-corrected chi connectivity index (χ2v) is 18.0. The summed E-state index contributed by atoms with van der Waals surface area (Å²) in [7, 11) is 3.02. The van der Waals surface area contributed by atoms with Gasteiger partial charge in [0.1, 0.15) is 5.56 Å². The van der Waals surface area contributed by atoms with Crippen molar-refractivity contribution < 1.29 is 9.68 Å². The third-order valence-corrected chi connectivity index (χ3v) is 13.0. The lowest BCUT2D eigenvalue weighted by molar-refractivity contribution is -0.472. The molecule has 3 aliphatic rings. The van der Waals surface area contributed by atoms with E-state index < -0.39 is 11.2 Å². The molecular formula is C51H57N4O3+. The van der Waals surface area contributed by atoms with Gasteiger partial charge in [0.25, 0.3) is 5.56 Å². The summed E-state index contributed by atoms with van der Waals surface area (Å²) in [6.45, 7) is 18.2. The Kier molecular flexibility index (Phi) is 9.65. The van der Waals surface area contributed by atoms with Gasteiger partial charge in [-0.1, -0.05) is 80.6 Å². The average molecular weight is 774 g/mol. The maximum Gasteiger partial charge on any atom is 0.333 e. The normalized spacial score (nSPS) is 19.2. The number of rotatable bonds is 6. The maximum atomic E-state index is 14.3. The minimum absolute atomic E-state index is 0.169. The molecule has 5 aromatic rings. The van der Waals surface area contributed by atoms with Crippen LogP contribution in [0.15, 0.2) is 124 Å². The molecule has 3 heterocycles. The molecular weight excluding hydrogens is 717 g/mol. The standard InChI is InChI=1S/C51H56N4O3/c1-31(2)54-39-27-23-33-17-13-15-21-37(33)45(39)50(5,6)41(54)29-25-35-19-11-12-20-36(43(35)44-47(56)52(9)49(58)53(10)48(44)57)26-30-42-51(7,8)46-38-22-16-14-18-34(38)24-28-40(46)55(42)32(3)4/h13-18,21-32H,11-12,19-20H2,1-10H3/p+1/b35-25+,41-29+. The van der Waals surface area contributed by atoms with Crippen LogP contribution in [-0.4, -0.2) is 36.6 Å². The van der Waals surface area contributed by atoms with Gasteiger partial charge in [-0.05, 0) is 129 Å². The van der Waals surface area contributed by atoms with Crippen LogP contribution in [0.25, 0.3) is 27.1 Å². The van der Waals surface area contributed by atoms with Gasteiger partial charge in [0, 0.05) is 54.6 Å². The number of hydrogen-bond acceptors (Lipinski definition) is 4. The molecule has 1 aromatic heterocycles. The molecule has 0 bridgehead atoms. The molecule has 8 rings (SSSR count). The van der Waals surface area contributed by atoms with Crippen LogP contribution in [0.3, 0.4) is 0 Å². The number of fused-ring (bicyclic) bond motifs is 6. The van der Waals surface area contributed by atoms with Crippen LogP contribution in [0.2, 0.25) is 0 Å². The summed E-state index contributed by atoms with van der Waals surface area (Å²) in [5, 5.41) is 16.7. The first-order chi connectivity index (χ1) is 27.6. The van der Waals surface area contributed by atoms with Gasteiger partial charge in [0.05, 0.1) is 5.41 Å². The largest absolute Gasteiger partial charge is 0.494 e. The highest BCUT2D eigenvalue weighted by Crippen LogP contribution is 2.52. The quantitative estimate of drug-likeness (QED) is 0.175. The van der Waals surface area contributed by atoms with Crippen LogP contribution in [0.5, 0.6) is 5.88 Å². The van der Waals surface area contributed by atoms with Crippen molar-refractivity contribution in [1.29, 1.82) is 0 Å². The van der Waals surface area contributed by atoms with Crippen LogP contribution in [0, 0.1) is 0 Å². The summed E-state index contributed by atoms with van der Waals surface area (Å²) in [6, 6.07) is 26.6. The van der Waals surface area contributed by atoms with E-state index in [1.54, 1.807) is 0 Å². The molecule has 0 saturated heterocycles. The zero-order chi connectivity index (χ0) is 41.4. The van der Waals surface area contributed by atoms with E-state index in [9.17, 15) is 14.7 Å². The topological polar surface area (TPSA) is 70.5 Å². The van der Waals surface area contributed by atoms with Gasteiger partial charge < -0.3 is 10.0 Å². The monoisotopic (exact) mass is 773 g/mol. The van der Waals surface area contributed by atoms with Crippen LogP contribution in [0.4, 0.5) is 11.4 Å². The summed E-state index contributed by atoms with van der Waals surface area (Å²) in [6.07, 6.45) is 12.1. The van der Waals surface area contributed by atoms with Gasteiger partial charge >= 0.3 is 5.69 Å². The SMILES string of the molecule is CC(C)N1/C(=C/C=C2\CCCCC(/C=C/C3=[N+](C(C)C)c4ccc5ccccc5c4C3(C)C)=C2c2c(O)n(C)c(=O)n(C)c2=O)C(C)(C)c2c1ccc1ccccc21. The van der Waals surface area contributed by atoms with E-state index in [2.05, 4.69) is 162 Å². The summed E-state index contributed by atoms with van der Waals surface area (Å²) in [4.78, 5) is 29.9. The van der Waals surface area contributed by atoms with Crippen molar-refractivity contribution in [2.24, 2.45) is 14.1 Å². The third-order valence-electron chi connectivity index (χ3n) is 13.0. The fourth-order valence-electron chi connectivity index (χ4n) is 10.2. The molecule has 0 amide bonds. The van der Waals surface area contributed by atoms with Crippen LogP contribution >= 0.6 is 0 Å². The number of allylic oxidation sites excluding steroid dienone is 8. The first-order valence-electron chi connectivity index (χ1n) is 20.9. The Morgan fingerprint density at radius 1 is 0.724 bits per heavy atom. The number of benzene rings is 4. The summed E-state index contributed by atoms with van der Waals surface area (Å²) < 4.78 is 4.75. The molecule has 0 spiro atoms. The molecule has 7 heteroatoms. The molecule has 2 aliphatic heterocycles. The lowest BCUT2D eigenvalue weighted by Gasteiger charge is -2.30. The first kappa shape index (κ1) is 39.2. The molecule has 1 aliphatic carbocycles. The number of anilines is 1. The minimum atomic E-state index is -0.559. The van der Waals surface area contributed by atoms with Crippen molar-refractivity contribution in [3.8, 4) is 5.88 Å². The van der Waals surface area contributed by atoms with Gasteiger partial charge in [-0.2, -0.15) is 4.58 Å². The molecule has 0 fully saturated rings. The zero-order valence-electron chi connectivity index (χ0n) is 35.8. The second-order valence-electron chi connectivity index (χ2n) is 18.0. The van der Waals surface area contributed by atoms with Crippen molar-refractivity contribution in [2.45, 2.75) is 104 Å².